The number of piperidine rings is 1. The highest BCUT2D eigenvalue weighted by Crippen LogP contribution is 2.28. The van der Waals surface area contributed by atoms with E-state index in [4.69, 9.17) is 4.74 Å². The van der Waals surface area contributed by atoms with Crippen LogP contribution in [0.15, 0.2) is 84.9 Å². The fraction of sp³-hybridized carbons (Fsp3) is 0.345. The third kappa shape index (κ3) is 6.23. The number of nitrogens with zero attached hydrogens (tertiary/aromatic N) is 1. The second-order valence-electron chi connectivity index (χ2n) is 8.68. The standard InChI is InChI=1S/C29H34N2O2/c1-2-33-28-16-10-9-15-27(28)29(32)30-25-17-20-31(21-18-25)22-19-26(23-11-5-3-6-12-23)24-13-7-4-8-14-24/h3-16,25-26H,2,17-22H2,1H3,(H,30,32). The van der Waals surface area contributed by atoms with Gasteiger partial charge in [-0.2, -0.15) is 0 Å². The van der Waals surface area contributed by atoms with E-state index < -0.39 is 0 Å². The summed E-state index contributed by atoms with van der Waals surface area (Å²) in [7, 11) is 0. The minimum atomic E-state index is -0.0364. The number of benzene rings is 3. The topological polar surface area (TPSA) is 41.6 Å². The summed E-state index contributed by atoms with van der Waals surface area (Å²) in [5.41, 5.74) is 3.37. The molecule has 0 aromatic heterocycles. The molecule has 0 radical (unpaired) electrons. The molecule has 172 valence electrons. The van der Waals surface area contributed by atoms with E-state index in [0.29, 0.717) is 23.8 Å². The molecule has 1 heterocycles. The van der Waals surface area contributed by atoms with E-state index in [1.54, 1.807) is 0 Å². The molecule has 3 aromatic carbocycles. The van der Waals surface area contributed by atoms with Gasteiger partial charge in [0.2, 0.25) is 0 Å². The van der Waals surface area contributed by atoms with Gasteiger partial charge in [-0.25, -0.2) is 0 Å². The highest BCUT2D eigenvalue weighted by Gasteiger charge is 2.23. The van der Waals surface area contributed by atoms with Gasteiger partial charge in [-0.05, 0) is 56.0 Å². The van der Waals surface area contributed by atoms with Crippen LogP contribution in [0.1, 0.15) is 53.6 Å². The molecule has 0 aliphatic carbocycles. The lowest BCUT2D eigenvalue weighted by atomic mass is 9.88. The Morgan fingerprint density at radius 3 is 2.09 bits per heavy atom. The first kappa shape index (κ1) is 23.1. The van der Waals surface area contributed by atoms with E-state index in [-0.39, 0.29) is 11.9 Å². The van der Waals surface area contributed by atoms with Gasteiger partial charge in [0.25, 0.3) is 5.91 Å². The molecule has 33 heavy (non-hydrogen) atoms. The number of hydrogen-bond acceptors (Lipinski definition) is 3. The smallest absolute Gasteiger partial charge is 0.255 e. The third-order valence-electron chi connectivity index (χ3n) is 6.49. The van der Waals surface area contributed by atoms with Gasteiger partial charge in [-0.15, -0.1) is 0 Å². The van der Waals surface area contributed by atoms with Gasteiger partial charge in [-0.3, -0.25) is 4.79 Å². The second kappa shape index (κ2) is 11.7. The van der Waals surface area contributed by atoms with Crippen LogP contribution in [0.4, 0.5) is 0 Å². The maximum atomic E-state index is 12.8. The SMILES string of the molecule is CCOc1ccccc1C(=O)NC1CCN(CCC(c2ccccc2)c2ccccc2)CC1. The van der Waals surface area contributed by atoms with Gasteiger partial charge < -0.3 is 15.0 Å². The first-order valence-corrected chi connectivity index (χ1v) is 12.1. The number of nitrogens with one attached hydrogen (secondary N) is 1. The summed E-state index contributed by atoms with van der Waals surface area (Å²) in [6.07, 6.45) is 3.04. The second-order valence-corrected chi connectivity index (χ2v) is 8.68. The number of amides is 1. The van der Waals surface area contributed by atoms with Crippen LogP contribution in [0.3, 0.4) is 0 Å². The van der Waals surface area contributed by atoms with E-state index in [9.17, 15) is 4.79 Å². The van der Waals surface area contributed by atoms with E-state index >= 15 is 0 Å². The Labute approximate surface area is 197 Å². The molecule has 4 rings (SSSR count). The molecular weight excluding hydrogens is 408 g/mol. The Hall–Kier alpha value is -3.11. The number of carbonyl (C=O) groups excluding carboxylic acids is 1. The van der Waals surface area contributed by atoms with E-state index in [0.717, 1.165) is 38.9 Å². The van der Waals surface area contributed by atoms with Crippen molar-refractivity contribution in [1.82, 2.24) is 10.2 Å². The van der Waals surface area contributed by atoms with Gasteiger partial charge in [-0.1, -0.05) is 72.8 Å². The van der Waals surface area contributed by atoms with Crippen molar-refractivity contribution in [3.05, 3.63) is 102 Å². The van der Waals surface area contributed by atoms with Crippen molar-refractivity contribution in [2.45, 2.75) is 38.1 Å². The summed E-state index contributed by atoms with van der Waals surface area (Å²) < 4.78 is 5.62. The highest BCUT2D eigenvalue weighted by molar-refractivity contribution is 5.97. The maximum Gasteiger partial charge on any atom is 0.255 e. The Bertz CT molecular complexity index is 959. The predicted octanol–water partition coefficient (Wildman–Crippen LogP) is 5.50. The van der Waals surface area contributed by atoms with Crippen molar-refractivity contribution in [3.63, 3.8) is 0 Å². The van der Waals surface area contributed by atoms with Crippen molar-refractivity contribution in [2.75, 3.05) is 26.2 Å². The van der Waals surface area contributed by atoms with Crippen LogP contribution in [0, 0.1) is 0 Å². The molecule has 1 saturated heterocycles. The molecule has 3 aromatic rings. The van der Waals surface area contributed by atoms with Crippen LogP contribution < -0.4 is 10.1 Å². The molecule has 0 bridgehead atoms. The Balaban J connectivity index is 1.30. The van der Waals surface area contributed by atoms with Gasteiger partial charge >= 0.3 is 0 Å². The molecule has 0 spiro atoms. The normalized spacial score (nSPS) is 14.8. The van der Waals surface area contributed by atoms with Crippen LogP contribution in [-0.4, -0.2) is 43.1 Å². The van der Waals surface area contributed by atoms with Crippen LogP contribution in [0.25, 0.3) is 0 Å². The molecule has 1 fully saturated rings. The van der Waals surface area contributed by atoms with Gasteiger partial charge in [0, 0.05) is 25.0 Å². The molecule has 1 aliphatic heterocycles. The highest BCUT2D eigenvalue weighted by atomic mass is 16.5. The Morgan fingerprint density at radius 1 is 0.909 bits per heavy atom. The van der Waals surface area contributed by atoms with Gasteiger partial charge in [0.05, 0.1) is 12.2 Å². The van der Waals surface area contributed by atoms with Crippen molar-refractivity contribution in [1.29, 1.82) is 0 Å². The summed E-state index contributed by atoms with van der Waals surface area (Å²) in [5, 5.41) is 3.23. The predicted molar refractivity (Wildman–Crippen MR) is 134 cm³/mol. The Kier molecular flexibility index (Phi) is 8.15. The minimum absolute atomic E-state index is 0.0364. The fourth-order valence-electron chi connectivity index (χ4n) is 4.71. The first-order valence-electron chi connectivity index (χ1n) is 12.1. The zero-order valence-corrected chi connectivity index (χ0v) is 19.5. The fourth-order valence-corrected chi connectivity index (χ4v) is 4.71. The van der Waals surface area contributed by atoms with Gasteiger partial charge in [0.1, 0.15) is 5.75 Å². The molecule has 0 unspecified atom stereocenters. The number of para-hydroxylation sites is 1. The van der Waals surface area contributed by atoms with E-state index in [2.05, 4.69) is 70.9 Å². The summed E-state index contributed by atoms with van der Waals surface area (Å²) in [6.45, 7) is 5.56. The van der Waals surface area contributed by atoms with Gasteiger partial charge in [0.15, 0.2) is 0 Å². The van der Waals surface area contributed by atoms with Crippen LogP contribution >= 0.6 is 0 Å². The average Bonchev–Trinajstić information content (AvgIpc) is 2.87. The molecule has 0 saturated carbocycles. The van der Waals surface area contributed by atoms with Crippen LogP contribution in [0.2, 0.25) is 0 Å². The largest absolute Gasteiger partial charge is 0.493 e. The maximum absolute atomic E-state index is 12.8. The van der Waals surface area contributed by atoms with Crippen molar-refractivity contribution in [3.8, 4) is 5.75 Å². The summed E-state index contributed by atoms with van der Waals surface area (Å²) in [4.78, 5) is 15.4. The average molecular weight is 443 g/mol. The number of rotatable bonds is 9. The van der Waals surface area contributed by atoms with Crippen molar-refractivity contribution in [2.24, 2.45) is 0 Å². The molecular formula is C29H34N2O2. The third-order valence-corrected chi connectivity index (χ3v) is 6.49. The first-order chi connectivity index (χ1) is 16.2. The van der Waals surface area contributed by atoms with E-state index in [1.807, 2.05) is 31.2 Å². The number of hydrogen-bond donors (Lipinski definition) is 1. The Morgan fingerprint density at radius 2 is 1.48 bits per heavy atom. The molecule has 1 amide bonds. The van der Waals surface area contributed by atoms with E-state index in [1.165, 1.54) is 11.1 Å². The zero-order valence-electron chi connectivity index (χ0n) is 19.5. The van der Waals surface area contributed by atoms with Crippen LogP contribution in [0.5, 0.6) is 5.75 Å². The molecule has 4 nitrogen and oxygen atoms in total. The number of ether oxygens (including phenoxy) is 1. The summed E-state index contributed by atoms with van der Waals surface area (Å²) >= 11 is 0. The minimum Gasteiger partial charge on any atom is -0.493 e. The van der Waals surface area contributed by atoms with Crippen molar-refractivity contribution >= 4 is 5.91 Å². The molecule has 1 N–H and O–H groups in total. The number of carbonyl (C=O) groups is 1. The molecule has 0 atom stereocenters. The summed E-state index contributed by atoms with van der Waals surface area (Å²) in [5.74, 6) is 1.02. The lowest BCUT2D eigenvalue weighted by Gasteiger charge is -2.33. The molecule has 4 heteroatoms. The van der Waals surface area contributed by atoms with Crippen molar-refractivity contribution < 1.29 is 9.53 Å². The number of likely N-dealkylation sites (tertiary alicyclic amines) is 1. The quantitative estimate of drug-likeness (QED) is 0.476. The monoisotopic (exact) mass is 442 g/mol. The lowest BCUT2D eigenvalue weighted by Crippen LogP contribution is -2.45. The molecule has 1 aliphatic rings. The lowest BCUT2D eigenvalue weighted by molar-refractivity contribution is 0.0906. The summed E-state index contributed by atoms with van der Waals surface area (Å²) in [6, 6.07) is 29.3. The zero-order chi connectivity index (χ0) is 22.9. The van der Waals surface area contributed by atoms with Crippen LogP contribution in [-0.2, 0) is 0 Å².